The Balaban J connectivity index is 1.96. The van der Waals surface area contributed by atoms with Crippen LogP contribution in [0.3, 0.4) is 0 Å². The number of halogens is 1. The van der Waals surface area contributed by atoms with Gasteiger partial charge in [0.05, 0.1) is 0 Å². The van der Waals surface area contributed by atoms with E-state index in [1.54, 1.807) is 12.1 Å². The Labute approximate surface area is 154 Å². The van der Waals surface area contributed by atoms with Crippen LogP contribution < -0.4 is 10.6 Å². The van der Waals surface area contributed by atoms with Gasteiger partial charge in [0.2, 0.25) is 0 Å². The Morgan fingerprint density at radius 3 is 2.35 bits per heavy atom. The van der Waals surface area contributed by atoms with Gasteiger partial charge >= 0.3 is 6.03 Å². The van der Waals surface area contributed by atoms with Crippen molar-refractivity contribution in [1.82, 2.24) is 15.5 Å². The van der Waals surface area contributed by atoms with Crippen molar-refractivity contribution in [2.24, 2.45) is 5.92 Å². The molecular weight excluding hydrogens is 333 g/mol. The molecule has 26 heavy (non-hydrogen) atoms. The lowest BCUT2D eigenvalue weighted by molar-refractivity contribution is -0.135. The van der Waals surface area contributed by atoms with Gasteiger partial charge in [0.15, 0.2) is 0 Å². The minimum Gasteiger partial charge on any atom is -0.322 e. The first-order chi connectivity index (χ1) is 12.5. The molecule has 0 spiro atoms. The lowest BCUT2D eigenvalue weighted by Gasteiger charge is -2.38. The second-order valence-corrected chi connectivity index (χ2v) is 7.37. The van der Waals surface area contributed by atoms with Crippen molar-refractivity contribution in [3.05, 3.63) is 35.6 Å². The van der Waals surface area contributed by atoms with Crippen molar-refractivity contribution in [1.29, 1.82) is 0 Å². The molecule has 1 aromatic rings. The van der Waals surface area contributed by atoms with Gasteiger partial charge in [-0.2, -0.15) is 0 Å². The highest BCUT2D eigenvalue weighted by Crippen LogP contribution is 2.36. The number of urea groups is 1. The van der Waals surface area contributed by atoms with E-state index in [1.807, 2.05) is 13.8 Å². The van der Waals surface area contributed by atoms with Crippen LogP contribution in [0.15, 0.2) is 24.3 Å². The van der Waals surface area contributed by atoms with Crippen molar-refractivity contribution in [3.63, 3.8) is 0 Å². The summed E-state index contributed by atoms with van der Waals surface area (Å²) in [6, 6.07) is 5.86. The van der Waals surface area contributed by atoms with Crippen molar-refractivity contribution in [2.45, 2.75) is 57.5 Å². The first kappa shape index (κ1) is 18.8. The predicted octanol–water partition coefficient (Wildman–Crippen LogP) is 2.85. The summed E-state index contributed by atoms with van der Waals surface area (Å²) in [7, 11) is 0. The van der Waals surface area contributed by atoms with Crippen LogP contribution in [0.4, 0.5) is 9.18 Å². The zero-order valence-electron chi connectivity index (χ0n) is 15.6. The van der Waals surface area contributed by atoms with E-state index in [0.29, 0.717) is 6.42 Å². The molecular formula is C20H28FN3O2. The number of imide groups is 1. The summed E-state index contributed by atoms with van der Waals surface area (Å²) >= 11 is 0. The van der Waals surface area contributed by atoms with Gasteiger partial charge in [-0.05, 0) is 62.4 Å². The van der Waals surface area contributed by atoms with Crippen molar-refractivity contribution < 1.29 is 14.0 Å². The molecule has 2 fully saturated rings. The number of carbonyl (C=O) groups excluding carboxylic acids is 2. The SMILES string of the molecule is CCC(CC)N1C(=O)NC(Cc2ccc(F)cc2)(C2CCNCC2)C1=O. The highest BCUT2D eigenvalue weighted by atomic mass is 19.1. The number of carbonyl (C=O) groups is 2. The molecule has 1 unspecified atom stereocenters. The number of nitrogens with zero attached hydrogens (tertiary/aromatic N) is 1. The fraction of sp³-hybridized carbons (Fsp3) is 0.600. The van der Waals surface area contributed by atoms with Gasteiger partial charge in [0.25, 0.3) is 5.91 Å². The van der Waals surface area contributed by atoms with Gasteiger partial charge < -0.3 is 10.6 Å². The van der Waals surface area contributed by atoms with Crippen LogP contribution in [0, 0.1) is 11.7 Å². The van der Waals surface area contributed by atoms with E-state index in [9.17, 15) is 14.0 Å². The van der Waals surface area contributed by atoms with Crippen LogP contribution in [0.1, 0.15) is 45.1 Å². The van der Waals surface area contributed by atoms with Crippen molar-refractivity contribution >= 4 is 11.9 Å². The molecule has 0 bridgehead atoms. The fourth-order valence-corrected chi connectivity index (χ4v) is 4.38. The van der Waals surface area contributed by atoms with E-state index in [0.717, 1.165) is 44.3 Å². The van der Waals surface area contributed by atoms with E-state index in [-0.39, 0.29) is 29.7 Å². The summed E-state index contributed by atoms with van der Waals surface area (Å²) in [6.45, 7) is 5.67. The molecule has 2 heterocycles. The molecule has 3 amide bonds. The summed E-state index contributed by atoms with van der Waals surface area (Å²) in [5.74, 6) is -0.345. The topological polar surface area (TPSA) is 61.4 Å². The molecule has 6 heteroatoms. The van der Waals surface area contributed by atoms with Gasteiger partial charge in [-0.3, -0.25) is 9.69 Å². The standard InChI is InChI=1S/C20H28FN3O2/c1-3-17(4-2)24-18(25)20(23-19(24)26,15-9-11-22-12-10-15)13-14-5-7-16(21)8-6-14/h5-8,15,17,22H,3-4,9-13H2,1-2H3,(H,23,26). The van der Waals surface area contributed by atoms with Crippen LogP contribution in [-0.2, 0) is 11.2 Å². The third-order valence-corrected chi connectivity index (χ3v) is 5.89. The summed E-state index contributed by atoms with van der Waals surface area (Å²) < 4.78 is 13.3. The number of nitrogens with one attached hydrogen (secondary N) is 2. The summed E-state index contributed by atoms with van der Waals surface area (Å²) in [5.41, 5.74) is -0.0652. The Hall–Kier alpha value is -1.95. The number of hydrogen-bond acceptors (Lipinski definition) is 3. The van der Waals surface area contributed by atoms with E-state index in [4.69, 9.17) is 0 Å². The molecule has 0 aromatic heterocycles. The van der Waals surface area contributed by atoms with E-state index >= 15 is 0 Å². The van der Waals surface area contributed by atoms with Crippen molar-refractivity contribution in [2.75, 3.05) is 13.1 Å². The number of hydrogen-bond donors (Lipinski definition) is 2. The minimum atomic E-state index is -0.931. The quantitative estimate of drug-likeness (QED) is 0.766. The molecule has 3 rings (SSSR count). The van der Waals surface area contributed by atoms with Crippen LogP contribution in [-0.4, -0.2) is 41.5 Å². The molecule has 2 N–H and O–H groups in total. The maximum Gasteiger partial charge on any atom is 0.325 e. The third kappa shape index (κ3) is 3.34. The zero-order valence-corrected chi connectivity index (χ0v) is 15.6. The van der Waals surface area contributed by atoms with Crippen LogP contribution in [0.25, 0.3) is 0 Å². The van der Waals surface area contributed by atoms with E-state index < -0.39 is 5.54 Å². The Bertz CT molecular complexity index is 654. The summed E-state index contributed by atoms with van der Waals surface area (Å²) in [6.07, 6.45) is 3.57. The normalized spacial score (nSPS) is 24.4. The van der Waals surface area contributed by atoms with E-state index in [2.05, 4.69) is 10.6 Å². The molecule has 2 aliphatic rings. The Morgan fingerprint density at radius 1 is 1.15 bits per heavy atom. The Morgan fingerprint density at radius 2 is 1.77 bits per heavy atom. The lowest BCUT2D eigenvalue weighted by atomic mass is 9.74. The summed E-state index contributed by atoms with van der Waals surface area (Å²) in [5, 5.41) is 6.39. The first-order valence-corrected chi connectivity index (χ1v) is 9.62. The zero-order chi connectivity index (χ0) is 18.7. The molecule has 1 atom stereocenters. The van der Waals surface area contributed by atoms with Gasteiger partial charge in [-0.15, -0.1) is 0 Å². The molecule has 2 saturated heterocycles. The molecule has 0 saturated carbocycles. The number of rotatable bonds is 6. The van der Waals surface area contributed by atoms with Gasteiger partial charge in [0.1, 0.15) is 11.4 Å². The van der Waals surface area contributed by atoms with Crippen molar-refractivity contribution in [3.8, 4) is 0 Å². The largest absolute Gasteiger partial charge is 0.325 e. The molecule has 0 aliphatic carbocycles. The van der Waals surface area contributed by atoms with Crippen LogP contribution in [0.5, 0.6) is 0 Å². The lowest BCUT2D eigenvalue weighted by Crippen LogP contribution is -2.57. The maximum absolute atomic E-state index is 13.5. The average Bonchev–Trinajstić information content (AvgIpc) is 2.91. The molecule has 142 valence electrons. The van der Waals surface area contributed by atoms with Crippen LogP contribution >= 0.6 is 0 Å². The number of benzene rings is 1. The highest BCUT2D eigenvalue weighted by molar-refractivity contribution is 6.07. The second kappa shape index (κ2) is 7.74. The molecule has 0 radical (unpaired) electrons. The molecule has 2 aliphatic heterocycles. The maximum atomic E-state index is 13.5. The number of amides is 3. The Kier molecular flexibility index (Phi) is 5.61. The van der Waals surface area contributed by atoms with Crippen LogP contribution in [0.2, 0.25) is 0 Å². The van der Waals surface area contributed by atoms with Gasteiger partial charge in [-0.25, -0.2) is 9.18 Å². The number of piperidine rings is 1. The third-order valence-electron chi connectivity index (χ3n) is 5.89. The average molecular weight is 361 g/mol. The fourth-order valence-electron chi connectivity index (χ4n) is 4.38. The monoisotopic (exact) mass is 361 g/mol. The van der Waals surface area contributed by atoms with Gasteiger partial charge in [-0.1, -0.05) is 26.0 Å². The van der Waals surface area contributed by atoms with Gasteiger partial charge in [0, 0.05) is 12.5 Å². The summed E-state index contributed by atoms with van der Waals surface area (Å²) in [4.78, 5) is 27.7. The van der Waals surface area contributed by atoms with E-state index in [1.165, 1.54) is 17.0 Å². The second-order valence-electron chi connectivity index (χ2n) is 7.37. The molecule has 5 nitrogen and oxygen atoms in total. The predicted molar refractivity (Wildman–Crippen MR) is 98.2 cm³/mol. The minimum absolute atomic E-state index is 0.0737. The molecule has 1 aromatic carbocycles. The highest BCUT2D eigenvalue weighted by Gasteiger charge is 2.56. The first-order valence-electron chi connectivity index (χ1n) is 9.62. The smallest absolute Gasteiger partial charge is 0.322 e.